The molecule has 0 aliphatic heterocycles. The Labute approximate surface area is 629 Å². The van der Waals surface area contributed by atoms with E-state index in [1.54, 1.807) is 24.3 Å². The van der Waals surface area contributed by atoms with Gasteiger partial charge >= 0.3 is 0 Å². The SMILES string of the molecule is C=Cc1ccc(OCCCCC2(c3ccc(F)cc3)c3ccccc3-c3ccc(-c4ccc(N(c5ccc(F)c(F)c5)c5ccc6oc7ccc(N(c8ccc(-c9ccc%10c(c9)C(CCCCOc9ccc(C=C)cc9)(c9ccc(F)cc9)c9ccccc9-%10)cc8)c8ccc(F)c(F)c8)cc7c6c5)cc4)cc32)cc1. The summed E-state index contributed by atoms with van der Waals surface area (Å²) in [5, 5.41) is 1.40. The van der Waals surface area contributed by atoms with Crippen molar-refractivity contribution in [1.29, 1.82) is 0 Å². The fourth-order valence-corrected chi connectivity index (χ4v) is 16.6. The first-order valence-corrected chi connectivity index (χ1v) is 36.7. The smallest absolute Gasteiger partial charge is 0.160 e. The van der Waals surface area contributed by atoms with Crippen LogP contribution in [0.1, 0.15) is 83.0 Å². The third-order valence-electron chi connectivity index (χ3n) is 21.8. The van der Waals surface area contributed by atoms with Crippen LogP contribution in [0.4, 0.5) is 60.5 Å². The van der Waals surface area contributed by atoms with Gasteiger partial charge in [0.25, 0.3) is 0 Å². The number of ether oxygens (including phenoxy) is 2. The van der Waals surface area contributed by atoms with Gasteiger partial charge < -0.3 is 23.7 Å². The molecule has 2 aliphatic carbocycles. The fourth-order valence-electron chi connectivity index (χ4n) is 16.6. The number of hydrogen-bond donors (Lipinski definition) is 0. The standard InChI is InChI=1S/C98H72F6N2O3/c1-3-63-17-43-79(44-18-63)107-55-11-9-53-97(69-27-31-71(99)32-28-69)87-15-7-5-13-81(87)83-47-25-67(57-89(83)97)65-21-35-73(36-22-65)105(77-39-49-91(101)93(103)61-77)75-41-51-95-85(59-75)86-60-76(42-52-96(86)109-95)106(78-40-50-92(102)94(104)62-78)74-37-23-66(24-38-74)68-26-48-84-82-14-6-8-16-88(82)98(90(84)58-68,70-29-33-72(100)34-30-70)54-10-12-56-108-80-45-19-64(4-2)20-46-80/h3-8,13-52,57-62H,1-2,9-12,53-56H2. The number of nitrogens with zero attached hydrogens (tertiary/aromatic N) is 2. The third kappa shape index (κ3) is 12.9. The summed E-state index contributed by atoms with van der Waals surface area (Å²) in [6, 6.07) is 94.7. The van der Waals surface area contributed by atoms with Crippen LogP contribution in [0.2, 0.25) is 0 Å². The van der Waals surface area contributed by atoms with Crippen molar-refractivity contribution in [2.75, 3.05) is 23.0 Å². The van der Waals surface area contributed by atoms with Gasteiger partial charge in [-0.25, -0.2) is 26.3 Å². The molecular formula is C98H72F6N2O3. The van der Waals surface area contributed by atoms with Crippen LogP contribution in [-0.4, -0.2) is 13.2 Å². The van der Waals surface area contributed by atoms with E-state index in [1.807, 2.05) is 168 Å². The Kier molecular flexibility index (Phi) is 18.5. The predicted octanol–water partition coefficient (Wildman–Crippen LogP) is 27.1. The highest BCUT2D eigenvalue weighted by Gasteiger charge is 2.46. The van der Waals surface area contributed by atoms with Gasteiger partial charge in [-0.2, -0.15) is 0 Å². The van der Waals surface area contributed by atoms with Crippen LogP contribution in [0.5, 0.6) is 11.5 Å². The van der Waals surface area contributed by atoms with E-state index in [1.165, 1.54) is 36.4 Å². The number of furan rings is 1. The number of anilines is 6. The Balaban J connectivity index is 0.695. The zero-order chi connectivity index (χ0) is 74.3. The van der Waals surface area contributed by atoms with E-state index in [0.29, 0.717) is 69.3 Å². The highest BCUT2D eigenvalue weighted by atomic mass is 19.2. The summed E-state index contributed by atoms with van der Waals surface area (Å²) in [7, 11) is 0. The zero-order valence-corrected chi connectivity index (χ0v) is 59.5. The van der Waals surface area contributed by atoms with E-state index in [9.17, 15) is 17.6 Å². The van der Waals surface area contributed by atoms with Crippen molar-refractivity contribution in [3.63, 3.8) is 0 Å². The number of hydrogen-bond acceptors (Lipinski definition) is 5. The quantitative estimate of drug-likeness (QED) is 0.0445. The molecule has 5 nitrogen and oxygen atoms in total. The average Bonchev–Trinajstić information content (AvgIpc) is 1.55. The molecule has 0 fully saturated rings. The average molecular weight is 1440 g/mol. The van der Waals surface area contributed by atoms with Gasteiger partial charge in [0.2, 0.25) is 0 Å². The minimum absolute atomic E-state index is 0.311. The minimum atomic E-state index is -1.02. The van der Waals surface area contributed by atoms with E-state index in [-0.39, 0.29) is 11.6 Å². The maximum atomic E-state index is 15.6. The Hall–Kier alpha value is -12.9. The minimum Gasteiger partial charge on any atom is -0.494 e. The Bertz CT molecular complexity index is 5580. The van der Waals surface area contributed by atoms with E-state index in [4.69, 9.17) is 13.9 Å². The molecule has 0 N–H and O–H groups in total. The van der Waals surface area contributed by atoms with E-state index in [0.717, 1.165) is 151 Å². The number of benzene rings is 14. The van der Waals surface area contributed by atoms with Gasteiger partial charge in [-0.05, 0) is 273 Å². The summed E-state index contributed by atoms with van der Waals surface area (Å²) in [6.07, 6.45) is 8.26. The first-order chi connectivity index (χ1) is 53.3. The van der Waals surface area contributed by atoms with Crippen molar-refractivity contribution in [2.45, 2.75) is 49.4 Å². The number of rotatable bonds is 24. The molecule has 109 heavy (non-hydrogen) atoms. The molecule has 0 saturated heterocycles. The third-order valence-corrected chi connectivity index (χ3v) is 21.8. The summed E-state index contributed by atoms with van der Waals surface area (Å²) < 4.78 is 110. The maximum absolute atomic E-state index is 15.6. The monoisotopic (exact) mass is 1440 g/mol. The van der Waals surface area contributed by atoms with Crippen LogP contribution >= 0.6 is 0 Å². The van der Waals surface area contributed by atoms with Crippen molar-refractivity contribution >= 4 is 68.2 Å². The molecule has 0 saturated carbocycles. The first-order valence-electron chi connectivity index (χ1n) is 36.7. The van der Waals surface area contributed by atoms with Crippen LogP contribution in [-0.2, 0) is 10.8 Å². The Morgan fingerprint density at radius 1 is 0.312 bits per heavy atom. The normalized spacial score (nSPS) is 14.6. The molecule has 1 heterocycles. The lowest BCUT2D eigenvalue weighted by atomic mass is 9.69. The van der Waals surface area contributed by atoms with Gasteiger partial charge in [0.1, 0.15) is 34.3 Å². The van der Waals surface area contributed by atoms with Crippen molar-refractivity contribution in [3.05, 3.63) is 396 Å². The zero-order valence-electron chi connectivity index (χ0n) is 59.5. The van der Waals surface area contributed by atoms with Gasteiger partial charge in [-0.3, -0.25) is 0 Å². The molecule has 1 aromatic heterocycles. The molecule has 17 rings (SSSR count). The second-order valence-electron chi connectivity index (χ2n) is 28.0. The van der Waals surface area contributed by atoms with Gasteiger partial charge in [0.15, 0.2) is 23.3 Å². The lowest BCUT2D eigenvalue weighted by molar-refractivity contribution is 0.301. The molecule has 2 aliphatic rings. The molecule has 15 aromatic rings. The molecule has 11 heteroatoms. The lowest BCUT2D eigenvalue weighted by Gasteiger charge is -2.33. The van der Waals surface area contributed by atoms with E-state index < -0.39 is 34.1 Å². The second kappa shape index (κ2) is 29.1. The molecule has 0 bridgehead atoms. The van der Waals surface area contributed by atoms with E-state index >= 15 is 8.78 Å². The summed E-state index contributed by atoms with van der Waals surface area (Å²) in [5.41, 5.74) is 19.9. The molecule has 0 spiro atoms. The lowest BCUT2D eigenvalue weighted by Crippen LogP contribution is -2.27. The molecule has 2 unspecified atom stereocenters. The summed E-state index contributed by atoms with van der Waals surface area (Å²) in [5.74, 6) is -3.05. The number of halogens is 6. The molecule has 0 amide bonds. The van der Waals surface area contributed by atoms with Crippen LogP contribution < -0.4 is 19.3 Å². The van der Waals surface area contributed by atoms with Crippen molar-refractivity contribution in [1.82, 2.24) is 0 Å². The predicted molar refractivity (Wildman–Crippen MR) is 429 cm³/mol. The van der Waals surface area contributed by atoms with Crippen molar-refractivity contribution in [3.8, 4) is 56.0 Å². The van der Waals surface area contributed by atoms with Crippen molar-refractivity contribution in [2.24, 2.45) is 0 Å². The molecule has 534 valence electrons. The van der Waals surface area contributed by atoms with Gasteiger partial charge in [-0.1, -0.05) is 171 Å². The highest BCUT2D eigenvalue weighted by molar-refractivity contribution is 6.08. The fraction of sp³-hybridized carbons (Fsp3) is 0.102. The summed E-state index contributed by atoms with van der Waals surface area (Å²) in [6.45, 7) is 8.78. The Morgan fingerprint density at radius 2 is 0.670 bits per heavy atom. The van der Waals surface area contributed by atoms with Gasteiger partial charge in [0, 0.05) is 67.9 Å². The van der Waals surface area contributed by atoms with Gasteiger partial charge in [0.05, 0.1) is 13.2 Å². The molecule has 2 atom stereocenters. The van der Waals surface area contributed by atoms with Crippen LogP contribution in [0, 0.1) is 34.9 Å². The summed E-state index contributed by atoms with van der Waals surface area (Å²) in [4.78, 5) is 3.74. The topological polar surface area (TPSA) is 38.1 Å². The highest BCUT2D eigenvalue weighted by Crippen LogP contribution is 2.58. The van der Waals surface area contributed by atoms with Crippen LogP contribution in [0.25, 0.3) is 78.6 Å². The van der Waals surface area contributed by atoms with E-state index in [2.05, 4.69) is 98.1 Å². The molecule has 0 radical (unpaired) electrons. The molecule has 14 aromatic carbocycles. The number of unbranched alkanes of at least 4 members (excludes halogenated alkanes) is 2. The largest absolute Gasteiger partial charge is 0.494 e. The molecular weight excluding hydrogens is 1370 g/mol. The summed E-state index contributed by atoms with van der Waals surface area (Å²) >= 11 is 0. The maximum Gasteiger partial charge on any atom is 0.160 e. The first kappa shape index (κ1) is 69.2. The van der Waals surface area contributed by atoms with Crippen LogP contribution in [0.15, 0.2) is 321 Å². The Morgan fingerprint density at radius 3 is 1.06 bits per heavy atom. The second-order valence-corrected chi connectivity index (χ2v) is 28.0. The number of fused-ring (bicyclic) bond motifs is 9. The van der Waals surface area contributed by atoms with Gasteiger partial charge in [-0.15, -0.1) is 0 Å². The van der Waals surface area contributed by atoms with Crippen LogP contribution in [0.3, 0.4) is 0 Å². The van der Waals surface area contributed by atoms with Crippen molar-refractivity contribution < 1.29 is 40.2 Å².